The minimum Gasteiger partial charge on any atom is -0.320 e. The monoisotopic (exact) mass is 320 g/mol. The molecule has 122 valence electrons. The molecule has 1 aliphatic rings. The molecule has 0 bridgehead atoms. The molecule has 23 heavy (non-hydrogen) atoms. The molecule has 5 nitrogen and oxygen atoms in total. The zero-order valence-corrected chi connectivity index (χ0v) is 13.0. The number of benzene rings is 1. The van der Waals surface area contributed by atoms with E-state index in [2.05, 4.69) is 10.4 Å². The predicted molar refractivity (Wildman–Crippen MR) is 82.1 cm³/mol. The predicted octanol–water partition coefficient (Wildman–Crippen LogP) is 3.33. The maximum absolute atomic E-state index is 13.7. The van der Waals surface area contributed by atoms with Crippen LogP contribution >= 0.6 is 0 Å². The first-order valence-electron chi connectivity index (χ1n) is 7.51. The molecular formula is C16H18F2N4O. The van der Waals surface area contributed by atoms with Crippen LogP contribution < -0.4 is 5.32 Å². The van der Waals surface area contributed by atoms with Crippen LogP contribution in [-0.2, 0) is 13.0 Å². The van der Waals surface area contributed by atoms with Crippen LogP contribution in [0.15, 0.2) is 24.5 Å². The molecule has 0 unspecified atom stereocenters. The van der Waals surface area contributed by atoms with Gasteiger partial charge in [0, 0.05) is 31.4 Å². The number of halogens is 2. The topological polar surface area (TPSA) is 50.2 Å². The van der Waals surface area contributed by atoms with E-state index in [0.717, 1.165) is 6.07 Å². The van der Waals surface area contributed by atoms with Gasteiger partial charge in [0.25, 0.3) is 0 Å². The Balaban J connectivity index is 1.71. The number of fused-ring (bicyclic) bond motifs is 1. The third-order valence-electron chi connectivity index (χ3n) is 3.91. The summed E-state index contributed by atoms with van der Waals surface area (Å²) >= 11 is 0. The van der Waals surface area contributed by atoms with Crippen molar-refractivity contribution in [3.05, 3.63) is 47.3 Å². The van der Waals surface area contributed by atoms with Gasteiger partial charge in [0.1, 0.15) is 11.6 Å². The second-order valence-electron chi connectivity index (χ2n) is 5.93. The summed E-state index contributed by atoms with van der Waals surface area (Å²) in [5, 5.41) is 6.92. The van der Waals surface area contributed by atoms with Crippen LogP contribution in [-0.4, -0.2) is 27.3 Å². The zero-order chi connectivity index (χ0) is 16.6. The van der Waals surface area contributed by atoms with Crippen molar-refractivity contribution >= 4 is 11.7 Å². The Morgan fingerprint density at radius 2 is 2.13 bits per heavy atom. The molecule has 0 saturated carbocycles. The van der Waals surface area contributed by atoms with E-state index < -0.39 is 11.6 Å². The first-order valence-corrected chi connectivity index (χ1v) is 7.51. The highest BCUT2D eigenvalue weighted by Gasteiger charge is 2.24. The molecule has 3 rings (SSSR count). The van der Waals surface area contributed by atoms with Crippen molar-refractivity contribution in [2.75, 3.05) is 11.9 Å². The van der Waals surface area contributed by atoms with E-state index in [-0.39, 0.29) is 18.6 Å². The van der Waals surface area contributed by atoms with Crippen LogP contribution in [0.3, 0.4) is 0 Å². The molecule has 0 atom stereocenters. The van der Waals surface area contributed by atoms with Gasteiger partial charge in [0.15, 0.2) is 0 Å². The van der Waals surface area contributed by atoms with Gasteiger partial charge in [-0.2, -0.15) is 5.10 Å². The van der Waals surface area contributed by atoms with E-state index >= 15 is 0 Å². The standard InChI is InChI=1S/C16H18F2N4O/c1-10(2)22-9-13(7-19-22)20-16(23)21-4-3-14-11(8-21)5-12(17)6-15(14)18/h5-7,9-10H,3-4,8H2,1-2H3,(H,20,23). The Labute approximate surface area is 132 Å². The summed E-state index contributed by atoms with van der Waals surface area (Å²) in [4.78, 5) is 13.9. The summed E-state index contributed by atoms with van der Waals surface area (Å²) in [5.74, 6) is -1.17. The van der Waals surface area contributed by atoms with Crippen molar-refractivity contribution in [2.45, 2.75) is 32.9 Å². The molecule has 0 saturated heterocycles. The second-order valence-corrected chi connectivity index (χ2v) is 5.93. The summed E-state index contributed by atoms with van der Waals surface area (Å²) in [7, 11) is 0. The van der Waals surface area contributed by atoms with Gasteiger partial charge in [-0.1, -0.05) is 0 Å². The first kappa shape index (κ1) is 15.5. The Morgan fingerprint density at radius 1 is 1.35 bits per heavy atom. The van der Waals surface area contributed by atoms with E-state index in [1.807, 2.05) is 13.8 Å². The molecule has 2 heterocycles. The third-order valence-corrected chi connectivity index (χ3v) is 3.91. The Kier molecular flexibility index (Phi) is 4.02. The number of anilines is 1. The Morgan fingerprint density at radius 3 is 2.83 bits per heavy atom. The quantitative estimate of drug-likeness (QED) is 0.923. The van der Waals surface area contributed by atoms with E-state index in [9.17, 15) is 13.6 Å². The number of aromatic nitrogens is 2. The maximum Gasteiger partial charge on any atom is 0.322 e. The minimum atomic E-state index is -0.623. The molecule has 1 aromatic carbocycles. The molecule has 1 aliphatic heterocycles. The number of rotatable bonds is 2. The average Bonchev–Trinajstić information content (AvgIpc) is 2.95. The van der Waals surface area contributed by atoms with Crippen molar-refractivity contribution in [1.29, 1.82) is 0 Å². The van der Waals surface area contributed by atoms with Crippen LogP contribution in [0, 0.1) is 11.6 Å². The van der Waals surface area contributed by atoms with Crippen molar-refractivity contribution in [3.63, 3.8) is 0 Å². The number of nitrogens with zero attached hydrogens (tertiary/aromatic N) is 3. The fraction of sp³-hybridized carbons (Fsp3) is 0.375. The summed E-state index contributed by atoms with van der Waals surface area (Å²) < 4.78 is 28.8. The molecule has 0 radical (unpaired) electrons. The van der Waals surface area contributed by atoms with E-state index in [4.69, 9.17) is 0 Å². The van der Waals surface area contributed by atoms with Crippen molar-refractivity contribution in [1.82, 2.24) is 14.7 Å². The van der Waals surface area contributed by atoms with Gasteiger partial charge in [0.2, 0.25) is 0 Å². The molecule has 0 fully saturated rings. The SMILES string of the molecule is CC(C)n1cc(NC(=O)N2CCc3c(F)cc(F)cc3C2)cn1. The lowest BCUT2D eigenvalue weighted by Crippen LogP contribution is -2.39. The lowest BCUT2D eigenvalue weighted by Gasteiger charge is -2.29. The van der Waals surface area contributed by atoms with Crippen molar-refractivity contribution in [3.8, 4) is 0 Å². The maximum atomic E-state index is 13.7. The van der Waals surface area contributed by atoms with Gasteiger partial charge in [-0.25, -0.2) is 13.6 Å². The van der Waals surface area contributed by atoms with E-state index in [1.54, 1.807) is 17.1 Å². The molecule has 2 aromatic rings. The molecule has 7 heteroatoms. The van der Waals surface area contributed by atoms with Crippen molar-refractivity contribution < 1.29 is 13.6 Å². The summed E-state index contributed by atoms with van der Waals surface area (Å²) in [6.45, 7) is 4.56. The first-order chi connectivity index (χ1) is 10.9. The van der Waals surface area contributed by atoms with Gasteiger partial charge >= 0.3 is 6.03 Å². The molecule has 0 spiro atoms. The van der Waals surface area contributed by atoms with E-state index in [1.165, 1.54) is 11.0 Å². The van der Waals surface area contributed by atoms with Crippen LogP contribution in [0.25, 0.3) is 0 Å². The van der Waals surface area contributed by atoms with Gasteiger partial charge in [-0.3, -0.25) is 4.68 Å². The van der Waals surface area contributed by atoms with Gasteiger partial charge in [-0.15, -0.1) is 0 Å². The molecule has 1 N–H and O–H groups in total. The molecule has 2 amide bonds. The summed E-state index contributed by atoms with van der Waals surface area (Å²) in [5.41, 5.74) is 1.60. The third kappa shape index (κ3) is 3.18. The van der Waals surface area contributed by atoms with Crippen LogP contribution in [0.5, 0.6) is 0 Å². The number of carbonyl (C=O) groups is 1. The number of urea groups is 1. The largest absolute Gasteiger partial charge is 0.322 e. The number of nitrogens with one attached hydrogen (secondary N) is 1. The van der Waals surface area contributed by atoms with Gasteiger partial charge < -0.3 is 10.2 Å². The zero-order valence-electron chi connectivity index (χ0n) is 13.0. The highest BCUT2D eigenvalue weighted by atomic mass is 19.1. The molecule has 0 aliphatic carbocycles. The average molecular weight is 320 g/mol. The lowest BCUT2D eigenvalue weighted by atomic mass is 9.99. The normalized spacial score (nSPS) is 14.0. The Bertz CT molecular complexity index is 742. The van der Waals surface area contributed by atoms with Crippen LogP contribution in [0.4, 0.5) is 19.3 Å². The minimum absolute atomic E-state index is 0.189. The lowest BCUT2D eigenvalue weighted by molar-refractivity contribution is 0.205. The Hall–Kier alpha value is -2.44. The van der Waals surface area contributed by atoms with E-state index in [0.29, 0.717) is 29.8 Å². The second kappa shape index (κ2) is 5.98. The molecular weight excluding hydrogens is 302 g/mol. The highest BCUT2D eigenvalue weighted by Crippen LogP contribution is 2.23. The fourth-order valence-electron chi connectivity index (χ4n) is 2.67. The number of hydrogen-bond donors (Lipinski definition) is 1. The van der Waals surface area contributed by atoms with Crippen molar-refractivity contribution in [2.24, 2.45) is 0 Å². The summed E-state index contributed by atoms with van der Waals surface area (Å²) in [6.07, 6.45) is 3.70. The fourth-order valence-corrected chi connectivity index (χ4v) is 2.67. The number of hydrogen-bond acceptors (Lipinski definition) is 2. The highest BCUT2D eigenvalue weighted by molar-refractivity contribution is 5.89. The molecule has 1 aromatic heterocycles. The van der Waals surface area contributed by atoms with Crippen LogP contribution in [0.2, 0.25) is 0 Å². The summed E-state index contributed by atoms with van der Waals surface area (Å²) in [6, 6.07) is 2.07. The number of carbonyl (C=O) groups excluding carboxylic acids is 1. The van der Waals surface area contributed by atoms with Crippen LogP contribution in [0.1, 0.15) is 31.0 Å². The van der Waals surface area contributed by atoms with Gasteiger partial charge in [-0.05, 0) is 37.5 Å². The van der Waals surface area contributed by atoms with Gasteiger partial charge in [0.05, 0.1) is 11.9 Å². The smallest absolute Gasteiger partial charge is 0.320 e. The number of amides is 2.